The molecule has 2 aromatic carbocycles. The van der Waals surface area contributed by atoms with Crippen LogP contribution in [0.1, 0.15) is 75.0 Å². The quantitative estimate of drug-likeness (QED) is 0.427. The first-order valence-electron chi connectivity index (χ1n) is 12.0. The zero-order valence-electron chi connectivity index (χ0n) is 18.8. The second-order valence-electron chi connectivity index (χ2n) is 9.00. The molecule has 0 aliphatic carbocycles. The third kappa shape index (κ3) is 5.58. The molecule has 164 valence electrons. The highest BCUT2D eigenvalue weighted by molar-refractivity contribution is 5.74. The average molecular weight is 418 g/mol. The lowest BCUT2D eigenvalue weighted by atomic mass is 9.83. The molecular weight excluding hydrogens is 382 g/mol. The minimum Gasteiger partial charge on any atom is -0.445 e. The molecule has 0 N–H and O–H groups in total. The van der Waals surface area contributed by atoms with E-state index < -0.39 is 0 Å². The number of aryl methyl sites for hydroxylation is 1. The van der Waals surface area contributed by atoms with Crippen LogP contribution in [0, 0.1) is 0 Å². The topological polar surface area (TPSA) is 29.5 Å². The summed E-state index contributed by atoms with van der Waals surface area (Å²) < 4.78 is 5.67. The number of unbranched alkanes of at least 4 members (excludes halogenated alkanes) is 3. The maximum Gasteiger partial charge on any atom is 0.410 e. The Balaban J connectivity index is 1.39. The number of rotatable bonds is 8. The van der Waals surface area contributed by atoms with Crippen LogP contribution in [0.2, 0.25) is 0 Å². The molecule has 2 bridgehead atoms. The van der Waals surface area contributed by atoms with Gasteiger partial charge in [0.1, 0.15) is 6.61 Å². The summed E-state index contributed by atoms with van der Waals surface area (Å²) in [5.74, 6) is 0. The van der Waals surface area contributed by atoms with Crippen LogP contribution in [0.15, 0.2) is 60.7 Å². The van der Waals surface area contributed by atoms with E-state index in [4.69, 9.17) is 4.74 Å². The molecule has 2 aliphatic heterocycles. The number of carbonyl (C=O) groups excluding carboxylic acids is 1. The Morgan fingerprint density at radius 1 is 0.968 bits per heavy atom. The third-order valence-corrected chi connectivity index (χ3v) is 6.70. The molecule has 3 nitrogen and oxygen atoms in total. The summed E-state index contributed by atoms with van der Waals surface area (Å²) in [7, 11) is 0. The highest BCUT2D eigenvalue weighted by Gasteiger charge is 2.38. The van der Waals surface area contributed by atoms with Gasteiger partial charge >= 0.3 is 6.09 Å². The monoisotopic (exact) mass is 417 g/mol. The van der Waals surface area contributed by atoms with Gasteiger partial charge in [0, 0.05) is 6.04 Å². The van der Waals surface area contributed by atoms with Crippen LogP contribution in [0.5, 0.6) is 0 Å². The van der Waals surface area contributed by atoms with E-state index in [9.17, 15) is 4.79 Å². The van der Waals surface area contributed by atoms with Gasteiger partial charge in [-0.1, -0.05) is 86.9 Å². The molecule has 1 saturated heterocycles. The Morgan fingerprint density at radius 2 is 1.77 bits per heavy atom. The first-order valence-corrected chi connectivity index (χ1v) is 12.0. The summed E-state index contributed by atoms with van der Waals surface area (Å²) in [5, 5.41) is 0. The number of nitrogens with zero attached hydrogens (tertiary/aromatic N) is 1. The molecule has 2 aliphatic rings. The van der Waals surface area contributed by atoms with E-state index in [1.54, 1.807) is 0 Å². The second-order valence-corrected chi connectivity index (χ2v) is 9.00. The molecule has 4 rings (SSSR count). The van der Waals surface area contributed by atoms with Crippen LogP contribution in [0.3, 0.4) is 0 Å². The first kappa shape index (κ1) is 21.7. The Kier molecular flexibility index (Phi) is 7.45. The van der Waals surface area contributed by atoms with Crippen LogP contribution >= 0.6 is 0 Å². The number of hydrogen-bond acceptors (Lipinski definition) is 2. The van der Waals surface area contributed by atoms with Gasteiger partial charge in [-0.3, -0.25) is 4.90 Å². The highest BCUT2D eigenvalue weighted by atomic mass is 16.6. The fourth-order valence-electron chi connectivity index (χ4n) is 4.96. The molecule has 1 amide bonds. The number of hydrogen-bond donors (Lipinski definition) is 0. The molecule has 0 saturated carbocycles. The summed E-state index contributed by atoms with van der Waals surface area (Å²) >= 11 is 0. The molecule has 1 fully saturated rings. The Morgan fingerprint density at radius 3 is 2.52 bits per heavy atom. The van der Waals surface area contributed by atoms with Gasteiger partial charge in [-0.2, -0.15) is 0 Å². The van der Waals surface area contributed by atoms with Gasteiger partial charge in [0.25, 0.3) is 0 Å². The van der Waals surface area contributed by atoms with Gasteiger partial charge < -0.3 is 4.74 Å². The van der Waals surface area contributed by atoms with Crippen molar-refractivity contribution in [3.05, 3.63) is 77.4 Å². The molecular formula is C28H35NO2. The average Bonchev–Trinajstić information content (AvgIpc) is 2.80. The number of fused-ring (bicyclic) bond motifs is 2. The largest absolute Gasteiger partial charge is 0.445 e. The van der Waals surface area contributed by atoms with E-state index >= 15 is 0 Å². The molecule has 3 heteroatoms. The van der Waals surface area contributed by atoms with Gasteiger partial charge in [-0.25, -0.2) is 4.79 Å². The van der Waals surface area contributed by atoms with Crippen molar-refractivity contribution in [1.29, 1.82) is 0 Å². The summed E-state index contributed by atoms with van der Waals surface area (Å²) in [6.45, 7) is 2.60. The van der Waals surface area contributed by atoms with Crippen molar-refractivity contribution in [2.75, 3.05) is 0 Å². The summed E-state index contributed by atoms with van der Waals surface area (Å²) in [5.41, 5.74) is 5.16. The van der Waals surface area contributed by atoms with E-state index in [0.717, 1.165) is 24.8 Å². The van der Waals surface area contributed by atoms with E-state index in [2.05, 4.69) is 37.3 Å². The standard InChI is InChI=1S/C28H35NO2/c1-2-3-4-6-10-22-15-17-24(18-16-22)25-19-26-13-9-14-27(20-25)29(26)28(30)31-21-23-11-7-5-8-12-23/h5,7-8,11-12,15-19,26-27H,2-4,6,9-10,13-14,20-21H2,1H3. The molecule has 2 unspecified atom stereocenters. The lowest BCUT2D eigenvalue weighted by Gasteiger charge is -2.44. The SMILES string of the molecule is CCCCCCc1ccc(C2=CC3CCCC(C2)N3C(=O)OCc2ccccc2)cc1. The van der Waals surface area contributed by atoms with Gasteiger partial charge in [-0.15, -0.1) is 0 Å². The third-order valence-electron chi connectivity index (χ3n) is 6.70. The number of ether oxygens (including phenoxy) is 1. The van der Waals surface area contributed by atoms with Crippen molar-refractivity contribution in [2.45, 2.75) is 83.4 Å². The van der Waals surface area contributed by atoms with Crippen LogP contribution in [0.4, 0.5) is 4.79 Å². The van der Waals surface area contributed by atoms with Crippen LogP contribution < -0.4 is 0 Å². The smallest absolute Gasteiger partial charge is 0.410 e. The molecule has 0 radical (unpaired) electrons. The van der Waals surface area contributed by atoms with E-state index in [-0.39, 0.29) is 18.2 Å². The van der Waals surface area contributed by atoms with Crippen molar-refractivity contribution in [3.63, 3.8) is 0 Å². The molecule has 0 aromatic heterocycles. The van der Waals surface area contributed by atoms with Gasteiger partial charge in [0.2, 0.25) is 0 Å². The molecule has 0 spiro atoms. The molecule has 2 heterocycles. The minimum absolute atomic E-state index is 0.152. The minimum atomic E-state index is -0.170. The second kappa shape index (κ2) is 10.7. The van der Waals surface area contributed by atoms with Crippen molar-refractivity contribution in [1.82, 2.24) is 4.90 Å². The van der Waals surface area contributed by atoms with Crippen molar-refractivity contribution in [2.24, 2.45) is 0 Å². The predicted molar refractivity (Wildman–Crippen MR) is 127 cm³/mol. The summed E-state index contributed by atoms with van der Waals surface area (Å²) in [6.07, 6.45) is 12.7. The van der Waals surface area contributed by atoms with Gasteiger partial charge in [-0.05, 0) is 60.8 Å². The number of piperidine rings is 1. The first-order chi connectivity index (χ1) is 15.2. The normalized spacial score (nSPS) is 20.3. The van der Waals surface area contributed by atoms with Gasteiger partial charge in [0.15, 0.2) is 0 Å². The van der Waals surface area contributed by atoms with Crippen molar-refractivity contribution in [3.8, 4) is 0 Å². The zero-order chi connectivity index (χ0) is 21.5. The molecule has 2 aromatic rings. The predicted octanol–water partition coefficient (Wildman–Crippen LogP) is 7.16. The van der Waals surface area contributed by atoms with Crippen LogP contribution in [-0.4, -0.2) is 23.1 Å². The summed E-state index contributed by atoms with van der Waals surface area (Å²) in [6, 6.07) is 19.5. The highest BCUT2D eigenvalue weighted by Crippen LogP contribution is 2.37. The van der Waals surface area contributed by atoms with Crippen LogP contribution in [0.25, 0.3) is 5.57 Å². The Labute approximate surface area is 187 Å². The number of carbonyl (C=O) groups is 1. The molecule has 31 heavy (non-hydrogen) atoms. The number of amides is 1. The van der Waals surface area contributed by atoms with Gasteiger partial charge in [0.05, 0.1) is 6.04 Å². The van der Waals surface area contributed by atoms with E-state index in [0.29, 0.717) is 6.61 Å². The Hall–Kier alpha value is -2.55. The van der Waals surface area contributed by atoms with E-state index in [1.165, 1.54) is 55.2 Å². The maximum absolute atomic E-state index is 12.9. The fourth-order valence-corrected chi connectivity index (χ4v) is 4.96. The maximum atomic E-state index is 12.9. The lowest BCUT2D eigenvalue weighted by Crippen LogP contribution is -2.51. The van der Waals surface area contributed by atoms with Crippen molar-refractivity contribution < 1.29 is 9.53 Å². The zero-order valence-corrected chi connectivity index (χ0v) is 18.8. The summed E-state index contributed by atoms with van der Waals surface area (Å²) in [4.78, 5) is 14.9. The van der Waals surface area contributed by atoms with Crippen LogP contribution in [-0.2, 0) is 17.8 Å². The Bertz CT molecular complexity index is 872. The van der Waals surface area contributed by atoms with E-state index in [1.807, 2.05) is 35.2 Å². The fraction of sp³-hybridized carbons (Fsp3) is 0.464. The van der Waals surface area contributed by atoms with Crippen molar-refractivity contribution >= 4 is 11.7 Å². The number of benzene rings is 2. The molecule has 2 atom stereocenters. The lowest BCUT2D eigenvalue weighted by molar-refractivity contribution is 0.0510.